The molecule has 3 heterocycles. The van der Waals surface area contributed by atoms with Crippen molar-refractivity contribution in [3.8, 4) is 0 Å². The lowest BCUT2D eigenvalue weighted by Crippen LogP contribution is -2.56. The Morgan fingerprint density at radius 2 is 2.16 bits per heavy atom. The summed E-state index contributed by atoms with van der Waals surface area (Å²) >= 11 is 0. The predicted octanol–water partition coefficient (Wildman–Crippen LogP) is -0.153. The molecule has 3 rings (SSSR count). The Morgan fingerprint density at radius 3 is 2.68 bits per heavy atom. The van der Waals surface area contributed by atoms with E-state index in [0.717, 1.165) is 57.3 Å². The molecule has 0 saturated carbocycles. The third kappa shape index (κ3) is 2.79. The first kappa shape index (κ1) is 12.6. The van der Waals surface area contributed by atoms with Gasteiger partial charge in [-0.1, -0.05) is 5.16 Å². The van der Waals surface area contributed by atoms with Crippen LogP contribution < -0.4 is 5.32 Å². The summed E-state index contributed by atoms with van der Waals surface area (Å²) in [5, 5.41) is 7.04. The molecular formula is C13H20N4O2. The highest BCUT2D eigenvalue weighted by molar-refractivity contribution is 5.80. The van der Waals surface area contributed by atoms with Crippen molar-refractivity contribution in [2.75, 3.05) is 39.3 Å². The van der Waals surface area contributed by atoms with E-state index in [-0.39, 0.29) is 5.92 Å². The van der Waals surface area contributed by atoms with Crippen molar-refractivity contribution in [2.24, 2.45) is 5.92 Å². The molecule has 0 atom stereocenters. The van der Waals surface area contributed by atoms with E-state index < -0.39 is 0 Å². The number of amides is 1. The average Bonchev–Trinajstić information content (AvgIpc) is 2.73. The molecule has 0 spiro atoms. The zero-order valence-electron chi connectivity index (χ0n) is 11.3. The second kappa shape index (κ2) is 5.30. The van der Waals surface area contributed by atoms with Crippen LogP contribution in [0.2, 0.25) is 0 Å². The van der Waals surface area contributed by atoms with Crippen LogP contribution in [0.25, 0.3) is 0 Å². The summed E-state index contributed by atoms with van der Waals surface area (Å²) in [6.07, 6.45) is 0. The topological polar surface area (TPSA) is 61.6 Å². The quantitative estimate of drug-likeness (QED) is 0.822. The minimum atomic E-state index is 0.212. The van der Waals surface area contributed by atoms with E-state index in [4.69, 9.17) is 4.52 Å². The molecule has 0 aliphatic carbocycles. The number of nitrogens with zero attached hydrogens (tertiary/aromatic N) is 3. The van der Waals surface area contributed by atoms with E-state index >= 15 is 0 Å². The van der Waals surface area contributed by atoms with E-state index in [2.05, 4.69) is 15.4 Å². The summed E-state index contributed by atoms with van der Waals surface area (Å²) in [5.41, 5.74) is 0.918. The summed E-state index contributed by atoms with van der Waals surface area (Å²) in [6, 6.07) is 1.97. The van der Waals surface area contributed by atoms with Crippen LogP contribution >= 0.6 is 0 Å². The SMILES string of the molecule is Cc1cc(CN2CCN(C(=O)C3CNC3)CC2)on1. The Balaban J connectivity index is 1.47. The first-order valence-electron chi connectivity index (χ1n) is 6.86. The Labute approximate surface area is 112 Å². The van der Waals surface area contributed by atoms with Gasteiger partial charge in [0.25, 0.3) is 0 Å². The van der Waals surface area contributed by atoms with Gasteiger partial charge in [0.2, 0.25) is 5.91 Å². The summed E-state index contributed by atoms with van der Waals surface area (Å²) in [4.78, 5) is 16.4. The molecule has 2 saturated heterocycles. The number of hydrogen-bond donors (Lipinski definition) is 1. The number of hydrogen-bond acceptors (Lipinski definition) is 5. The standard InChI is InChI=1S/C13H20N4O2/c1-10-6-12(19-15-10)9-16-2-4-17(5-3-16)13(18)11-7-14-8-11/h6,11,14H,2-5,7-9H2,1H3. The zero-order chi connectivity index (χ0) is 13.2. The minimum Gasteiger partial charge on any atom is -0.360 e. The highest BCUT2D eigenvalue weighted by Gasteiger charge is 2.31. The Bertz CT molecular complexity index is 447. The van der Waals surface area contributed by atoms with Crippen molar-refractivity contribution in [1.82, 2.24) is 20.3 Å². The van der Waals surface area contributed by atoms with Crippen molar-refractivity contribution in [2.45, 2.75) is 13.5 Å². The number of rotatable bonds is 3. The summed E-state index contributed by atoms with van der Waals surface area (Å²) in [7, 11) is 0. The van der Waals surface area contributed by atoms with Gasteiger partial charge in [-0.2, -0.15) is 0 Å². The Morgan fingerprint density at radius 1 is 1.42 bits per heavy atom. The van der Waals surface area contributed by atoms with Crippen LogP contribution in [0.3, 0.4) is 0 Å². The van der Waals surface area contributed by atoms with Crippen LogP contribution in [0.4, 0.5) is 0 Å². The van der Waals surface area contributed by atoms with Gasteiger partial charge in [0, 0.05) is 45.3 Å². The van der Waals surface area contributed by atoms with Crippen molar-refractivity contribution < 1.29 is 9.32 Å². The molecule has 1 aromatic heterocycles. The Hall–Kier alpha value is -1.40. The first-order valence-corrected chi connectivity index (χ1v) is 6.86. The summed E-state index contributed by atoms with van der Waals surface area (Å²) in [5.74, 6) is 1.43. The average molecular weight is 264 g/mol. The van der Waals surface area contributed by atoms with Crippen LogP contribution in [0.15, 0.2) is 10.6 Å². The number of carbonyl (C=O) groups excluding carboxylic acids is 1. The molecule has 2 aliphatic heterocycles. The molecule has 1 amide bonds. The molecule has 19 heavy (non-hydrogen) atoms. The number of aromatic nitrogens is 1. The first-order chi connectivity index (χ1) is 9.22. The van der Waals surface area contributed by atoms with Gasteiger partial charge in [0.15, 0.2) is 5.76 Å². The predicted molar refractivity (Wildman–Crippen MR) is 69.5 cm³/mol. The highest BCUT2D eigenvalue weighted by atomic mass is 16.5. The summed E-state index contributed by atoms with van der Waals surface area (Å²) in [6.45, 7) is 7.86. The molecule has 0 unspecified atom stereocenters. The number of nitrogens with one attached hydrogen (secondary N) is 1. The fourth-order valence-electron chi connectivity index (χ4n) is 2.56. The molecule has 0 aromatic carbocycles. The number of aryl methyl sites for hydroxylation is 1. The Kier molecular flexibility index (Phi) is 3.52. The lowest BCUT2D eigenvalue weighted by atomic mass is 10.0. The van der Waals surface area contributed by atoms with Gasteiger partial charge in [-0.15, -0.1) is 0 Å². The van der Waals surface area contributed by atoms with E-state index in [9.17, 15) is 4.79 Å². The van der Waals surface area contributed by atoms with Crippen LogP contribution in [-0.2, 0) is 11.3 Å². The zero-order valence-corrected chi connectivity index (χ0v) is 11.3. The second-order valence-electron chi connectivity index (χ2n) is 5.39. The van der Waals surface area contributed by atoms with Crippen molar-refractivity contribution in [3.63, 3.8) is 0 Å². The fraction of sp³-hybridized carbons (Fsp3) is 0.692. The molecule has 0 bridgehead atoms. The molecule has 0 radical (unpaired) electrons. The van der Waals surface area contributed by atoms with Crippen molar-refractivity contribution in [3.05, 3.63) is 17.5 Å². The normalized spacial score (nSPS) is 21.4. The second-order valence-corrected chi connectivity index (χ2v) is 5.39. The molecule has 6 nitrogen and oxygen atoms in total. The van der Waals surface area contributed by atoms with Crippen molar-refractivity contribution in [1.29, 1.82) is 0 Å². The maximum Gasteiger partial charge on any atom is 0.228 e. The molecule has 6 heteroatoms. The molecule has 1 aromatic rings. The lowest BCUT2D eigenvalue weighted by molar-refractivity contribution is -0.138. The van der Waals surface area contributed by atoms with E-state index in [0.29, 0.717) is 5.91 Å². The number of piperazine rings is 1. The van der Waals surface area contributed by atoms with Gasteiger partial charge < -0.3 is 14.7 Å². The van der Waals surface area contributed by atoms with Gasteiger partial charge in [-0.05, 0) is 6.92 Å². The number of carbonyl (C=O) groups is 1. The lowest BCUT2D eigenvalue weighted by Gasteiger charge is -2.38. The van der Waals surface area contributed by atoms with Crippen LogP contribution in [0, 0.1) is 12.8 Å². The molecule has 104 valence electrons. The maximum absolute atomic E-state index is 12.1. The monoisotopic (exact) mass is 264 g/mol. The molecule has 2 aliphatic rings. The van der Waals surface area contributed by atoms with Gasteiger partial charge in [-0.25, -0.2) is 0 Å². The molecule has 2 fully saturated rings. The molecule has 1 N–H and O–H groups in total. The van der Waals surface area contributed by atoms with Gasteiger partial charge in [0.1, 0.15) is 0 Å². The maximum atomic E-state index is 12.1. The van der Waals surface area contributed by atoms with E-state index in [1.165, 1.54) is 0 Å². The van der Waals surface area contributed by atoms with Gasteiger partial charge in [-0.3, -0.25) is 9.69 Å². The van der Waals surface area contributed by atoms with Crippen LogP contribution in [-0.4, -0.2) is 60.1 Å². The van der Waals surface area contributed by atoms with Gasteiger partial charge in [0.05, 0.1) is 18.2 Å². The minimum absolute atomic E-state index is 0.212. The van der Waals surface area contributed by atoms with Gasteiger partial charge >= 0.3 is 0 Å². The smallest absolute Gasteiger partial charge is 0.228 e. The third-order valence-electron chi connectivity index (χ3n) is 3.87. The van der Waals surface area contributed by atoms with Crippen LogP contribution in [0.1, 0.15) is 11.5 Å². The van der Waals surface area contributed by atoms with E-state index in [1.807, 2.05) is 17.9 Å². The van der Waals surface area contributed by atoms with Crippen LogP contribution in [0.5, 0.6) is 0 Å². The fourth-order valence-corrected chi connectivity index (χ4v) is 2.56. The van der Waals surface area contributed by atoms with Crippen molar-refractivity contribution >= 4 is 5.91 Å². The molecular weight excluding hydrogens is 244 g/mol. The summed E-state index contributed by atoms with van der Waals surface area (Å²) < 4.78 is 5.23. The highest BCUT2D eigenvalue weighted by Crippen LogP contribution is 2.13. The third-order valence-corrected chi connectivity index (χ3v) is 3.87. The van der Waals surface area contributed by atoms with E-state index in [1.54, 1.807) is 0 Å². The largest absolute Gasteiger partial charge is 0.360 e.